The molecule has 0 aliphatic heterocycles. The lowest BCUT2D eigenvalue weighted by molar-refractivity contribution is -0.117. The number of hydrogen-bond acceptors (Lipinski definition) is 5. The number of benzene rings is 1. The van der Waals surface area contributed by atoms with E-state index in [-0.39, 0.29) is 17.9 Å². The second-order valence-electron chi connectivity index (χ2n) is 4.38. The number of carbonyl (C=O) groups is 1. The van der Waals surface area contributed by atoms with Crippen LogP contribution in [0.5, 0.6) is 5.75 Å². The van der Waals surface area contributed by atoms with E-state index in [1.165, 1.54) is 12.3 Å². The minimum absolute atomic E-state index is 0.0341. The summed E-state index contributed by atoms with van der Waals surface area (Å²) in [6.07, 6.45) is 4.53. The molecular formula is C16H14N4O2. The number of aromatic hydroxyl groups is 1. The van der Waals surface area contributed by atoms with Crippen molar-refractivity contribution in [2.24, 2.45) is 0 Å². The number of aromatic nitrogens is 1. The van der Waals surface area contributed by atoms with Gasteiger partial charge in [0.15, 0.2) is 0 Å². The molecule has 0 bridgehead atoms. The average molecular weight is 294 g/mol. The molecule has 0 saturated carbocycles. The number of carbonyl (C=O) groups excluding carboxylic acids is 1. The molecule has 0 atom stereocenters. The van der Waals surface area contributed by atoms with Crippen LogP contribution in [0.4, 0.5) is 5.69 Å². The minimum atomic E-state index is -0.505. The predicted octanol–water partition coefficient (Wildman–Crippen LogP) is 1.92. The molecule has 3 N–H and O–H groups in total. The zero-order valence-electron chi connectivity index (χ0n) is 11.7. The minimum Gasteiger partial charge on any atom is -0.506 e. The molecule has 0 unspecified atom stereocenters. The van der Waals surface area contributed by atoms with Gasteiger partial charge in [0, 0.05) is 25.1 Å². The van der Waals surface area contributed by atoms with Gasteiger partial charge in [0.2, 0.25) is 0 Å². The predicted molar refractivity (Wildman–Crippen MR) is 81.5 cm³/mol. The molecule has 0 aliphatic carbocycles. The number of nitrogens with zero attached hydrogens (tertiary/aromatic N) is 2. The second-order valence-corrected chi connectivity index (χ2v) is 4.38. The summed E-state index contributed by atoms with van der Waals surface area (Å²) in [5, 5.41) is 24.0. The maximum Gasteiger partial charge on any atom is 0.263 e. The summed E-state index contributed by atoms with van der Waals surface area (Å²) in [7, 11) is 0. The Hall–Kier alpha value is -3.33. The van der Waals surface area contributed by atoms with Crippen molar-refractivity contribution in [2.75, 3.05) is 5.32 Å². The van der Waals surface area contributed by atoms with Crippen LogP contribution in [-0.4, -0.2) is 16.0 Å². The van der Waals surface area contributed by atoms with Gasteiger partial charge in [-0.15, -0.1) is 0 Å². The zero-order chi connectivity index (χ0) is 15.8. The van der Waals surface area contributed by atoms with Gasteiger partial charge in [-0.1, -0.05) is 18.2 Å². The second kappa shape index (κ2) is 7.45. The molecule has 1 heterocycles. The maximum atomic E-state index is 11.9. The largest absolute Gasteiger partial charge is 0.506 e. The molecule has 0 radical (unpaired) electrons. The first-order valence-electron chi connectivity index (χ1n) is 6.52. The number of hydrogen-bond donors (Lipinski definition) is 3. The summed E-state index contributed by atoms with van der Waals surface area (Å²) < 4.78 is 0. The number of pyridine rings is 1. The summed E-state index contributed by atoms with van der Waals surface area (Å²) >= 11 is 0. The molecule has 0 fully saturated rings. The lowest BCUT2D eigenvalue weighted by atomic mass is 10.2. The summed E-state index contributed by atoms with van der Waals surface area (Å²) in [5.74, 6) is -0.471. The van der Waals surface area contributed by atoms with Crippen LogP contribution >= 0.6 is 0 Å². The van der Waals surface area contributed by atoms with E-state index in [0.29, 0.717) is 5.69 Å². The van der Waals surface area contributed by atoms with Gasteiger partial charge in [0.1, 0.15) is 17.4 Å². The fourth-order valence-corrected chi connectivity index (χ4v) is 1.67. The van der Waals surface area contributed by atoms with Crippen LogP contribution in [0.1, 0.15) is 5.56 Å². The molecule has 2 aromatic rings. The van der Waals surface area contributed by atoms with Gasteiger partial charge >= 0.3 is 0 Å². The van der Waals surface area contributed by atoms with Crippen molar-refractivity contribution in [1.82, 2.24) is 10.3 Å². The highest BCUT2D eigenvalue weighted by Gasteiger charge is 2.08. The Morgan fingerprint density at radius 1 is 1.32 bits per heavy atom. The molecule has 1 aromatic carbocycles. The van der Waals surface area contributed by atoms with Crippen LogP contribution in [-0.2, 0) is 11.3 Å². The first-order chi connectivity index (χ1) is 10.7. The van der Waals surface area contributed by atoms with E-state index >= 15 is 0 Å². The van der Waals surface area contributed by atoms with E-state index in [1.807, 2.05) is 12.1 Å². The van der Waals surface area contributed by atoms with Gasteiger partial charge in [-0.3, -0.25) is 9.78 Å². The number of nitriles is 1. The summed E-state index contributed by atoms with van der Waals surface area (Å²) in [6, 6.07) is 11.9. The topological polar surface area (TPSA) is 98.0 Å². The smallest absolute Gasteiger partial charge is 0.263 e. The molecular weight excluding hydrogens is 280 g/mol. The third kappa shape index (κ3) is 4.08. The number of nitrogens with one attached hydrogen (secondary N) is 2. The van der Waals surface area contributed by atoms with Crippen LogP contribution in [0.2, 0.25) is 0 Å². The SMILES string of the molecule is N#C/C(=C/Nc1ccccc1O)C(=O)NCc1cccnc1. The lowest BCUT2D eigenvalue weighted by Gasteiger charge is -2.06. The van der Waals surface area contributed by atoms with E-state index in [1.54, 1.807) is 36.7 Å². The highest BCUT2D eigenvalue weighted by molar-refractivity contribution is 5.97. The van der Waals surface area contributed by atoms with Crippen molar-refractivity contribution in [3.05, 3.63) is 66.1 Å². The van der Waals surface area contributed by atoms with Gasteiger partial charge in [-0.05, 0) is 23.8 Å². The first-order valence-corrected chi connectivity index (χ1v) is 6.52. The molecule has 0 saturated heterocycles. The van der Waals surface area contributed by atoms with Crippen molar-refractivity contribution in [3.63, 3.8) is 0 Å². The van der Waals surface area contributed by atoms with Crippen molar-refractivity contribution < 1.29 is 9.90 Å². The monoisotopic (exact) mass is 294 g/mol. The van der Waals surface area contributed by atoms with Crippen molar-refractivity contribution >= 4 is 11.6 Å². The Labute approximate surface area is 127 Å². The summed E-state index contributed by atoms with van der Waals surface area (Å²) in [5.41, 5.74) is 1.16. The van der Waals surface area contributed by atoms with Gasteiger partial charge in [-0.25, -0.2) is 0 Å². The van der Waals surface area contributed by atoms with E-state index in [0.717, 1.165) is 5.56 Å². The van der Waals surface area contributed by atoms with Gasteiger partial charge in [0.05, 0.1) is 5.69 Å². The molecule has 6 nitrogen and oxygen atoms in total. The Kier molecular flexibility index (Phi) is 5.10. The molecule has 0 aliphatic rings. The number of anilines is 1. The van der Waals surface area contributed by atoms with Crippen LogP contribution < -0.4 is 10.6 Å². The van der Waals surface area contributed by atoms with Gasteiger partial charge in [-0.2, -0.15) is 5.26 Å². The molecule has 2 rings (SSSR count). The lowest BCUT2D eigenvalue weighted by Crippen LogP contribution is -2.24. The summed E-state index contributed by atoms with van der Waals surface area (Å²) in [6.45, 7) is 0.280. The molecule has 6 heteroatoms. The fourth-order valence-electron chi connectivity index (χ4n) is 1.67. The van der Waals surface area contributed by atoms with Crippen molar-refractivity contribution in [2.45, 2.75) is 6.54 Å². The van der Waals surface area contributed by atoms with Crippen molar-refractivity contribution in [1.29, 1.82) is 5.26 Å². The van der Waals surface area contributed by atoms with Gasteiger partial charge in [0.25, 0.3) is 5.91 Å². The van der Waals surface area contributed by atoms with Crippen LogP contribution in [0.3, 0.4) is 0 Å². The van der Waals surface area contributed by atoms with E-state index in [2.05, 4.69) is 15.6 Å². The number of phenols is 1. The van der Waals surface area contributed by atoms with E-state index < -0.39 is 5.91 Å². The Balaban J connectivity index is 1.99. The number of phenolic OH excluding ortho intramolecular Hbond substituents is 1. The first kappa shape index (κ1) is 15.1. The number of para-hydroxylation sites is 2. The average Bonchev–Trinajstić information content (AvgIpc) is 2.56. The Morgan fingerprint density at radius 3 is 2.82 bits per heavy atom. The van der Waals surface area contributed by atoms with E-state index in [4.69, 9.17) is 5.26 Å². The standard InChI is InChI=1S/C16H14N4O2/c17-8-13(11-19-14-5-1-2-6-15(14)21)16(22)20-10-12-4-3-7-18-9-12/h1-7,9,11,19,21H,10H2,(H,20,22)/b13-11-. The third-order valence-electron chi connectivity index (χ3n) is 2.82. The highest BCUT2D eigenvalue weighted by Crippen LogP contribution is 2.21. The normalized spacial score (nSPS) is 10.6. The molecule has 1 amide bonds. The summed E-state index contributed by atoms with van der Waals surface area (Å²) in [4.78, 5) is 15.9. The van der Waals surface area contributed by atoms with Crippen LogP contribution in [0.15, 0.2) is 60.6 Å². The zero-order valence-corrected chi connectivity index (χ0v) is 11.7. The molecule has 22 heavy (non-hydrogen) atoms. The maximum absolute atomic E-state index is 11.9. The van der Waals surface area contributed by atoms with Crippen molar-refractivity contribution in [3.8, 4) is 11.8 Å². The van der Waals surface area contributed by atoms with Gasteiger partial charge < -0.3 is 15.7 Å². The quantitative estimate of drug-likeness (QED) is 0.444. The Morgan fingerprint density at radius 2 is 2.14 bits per heavy atom. The van der Waals surface area contributed by atoms with Crippen LogP contribution in [0, 0.1) is 11.3 Å². The highest BCUT2D eigenvalue weighted by atomic mass is 16.3. The fraction of sp³-hybridized carbons (Fsp3) is 0.0625. The molecule has 0 spiro atoms. The van der Waals surface area contributed by atoms with Crippen LogP contribution in [0.25, 0.3) is 0 Å². The number of rotatable bonds is 5. The molecule has 110 valence electrons. The van der Waals surface area contributed by atoms with E-state index in [9.17, 15) is 9.90 Å². The molecule has 1 aromatic heterocycles. The third-order valence-corrected chi connectivity index (χ3v) is 2.82. The number of amides is 1. The Bertz CT molecular complexity index is 720.